The molecule has 0 bridgehead atoms. The lowest BCUT2D eigenvalue weighted by Gasteiger charge is -2.03. The molecule has 0 radical (unpaired) electrons. The van der Waals surface area contributed by atoms with Gasteiger partial charge in [0.2, 0.25) is 0 Å². The van der Waals surface area contributed by atoms with E-state index in [1.54, 1.807) is 6.07 Å². The third-order valence-electron chi connectivity index (χ3n) is 1.41. The number of hydrogen-bond donors (Lipinski definition) is 3. The fourth-order valence-electron chi connectivity index (χ4n) is 0.890. The first-order chi connectivity index (χ1) is 5.72. The molecule has 0 aliphatic rings. The molecule has 13 heavy (non-hydrogen) atoms. The number of halogens is 1. The number of hydrogen-bond acceptors (Lipinski definition) is 2. The Morgan fingerprint density at radius 3 is 2.69 bits per heavy atom. The van der Waals surface area contributed by atoms with Crippen LogP contribution in [0.2, 0.25) is 0 Å². The van der Waals surface area contributed by atoms with Gasteiger partial charge < -0.3 is 5.32 Å². The normalized spacial score (nSPS) is 8.46. The average Bonchev–Trinajstić information content (AvgIpc) is 2.04. The van der Waals surface area contributed by atoms with E-state index >= 15 is 0 Å². The second-order valence-corrected chi connectivity index (χ2v) is 2.47. The molecule has 0 atom stereocenters. The molecule has 0 heterocycles. The highest BCUT2D eigenvalue weighted by Gasteiger charge is 1.96. The van der Waals surface area contributed by atoms with Crippen LogP contribution < -0.4 is 16.6 Å². The Labute approximate surface area is 82.9 Å². The summed E-state index contributed by atoms with van der Waals surface area (Å²) in [6.07, 6.45) is 0. The van der Waals surface area contributed by atoms with Crippen LogP contribution in [0, 0.1) is 6.92 Å². The van der Waals surface area contributed by atoms with Gasteiger partial charge in [0.1, 0.15) is 0 Å². The molecule has 0 aliphatic heterocycles. The van der Waals surface area contributed by atoms with Crippen molar-refractivity contribution in [3.63, 3.8) is 0 Å². The maximum Gasteiger partial charge on any atom is 0.333 e. The molecular formula is C8H12ClN3O. The molecule has 4 nitrogen and oxygen atoms in total. The van der Waals surface area contributed by atoms with Crippen molar-refractivity contribution in [2.24, 2.45) is 5.84 Å². The molecule has 0 saturated heterocycles. The Balaban J connectivity index is 0.00000144. The maximum atomic E-state index is 10.7. The molecule has 0 fully saturated rings. The molecular weight excluding hydrogens is 190 g/mol. The molecule has 0 aliphatic carbocycles. The third-order valence-corrected chi connectivity index (χ3v) is 1.41. The minimum atomic E-state index is -0.416. The van der Waals surface area contributed by atoms with Gasteiger partial charge in [-0.25, -0.2) is 10.6 Å². The van der Waals surface area contributed by atoms with Crippen LogP contribution in [-0.4, -0.2) is 6.03 Å². The number of nitrogens with two attached hydrogens (primary N) is 1. The van der Waals surface area contributed by atoms with Crippen molar-refractivity contribution in [2.45, 2.75) is 6.92 Å². The van der Waals surface area contributed by atoms with Crippen LogP contribution in [0.15, 0.2) is 24.3 Å². The van der Waals surface area contributed by atoms with Crippen molar-refractivity contribution < 1.29 is 4.79 Å². The fraction of sp³-hybridized carbons (Fsp3) is 0.125. The molecule has 1 rings (SSSR count). The number of amides is 2. The molecule has 4 N–H and O–H groups in total. The summed E-state index contributed by atoms with van der Waals surface area (Å²) in [4.78, 5) is 10.7. The van der Waals surface area contributed by atoms with Gasteiger partial charge in [-0.1, -0.05) is 12.1 Å². The number of aryl methyl sites for hydroxylation is 1. The number of carbonyl (C=O) groups excluding carboxylic acids is 1. The van der Waals surface area contributed by atoms with E-state index in [-0.39, 0.29) is 12.4 Å². The van der Waals surface area contributed by atoms with Gasteiger partial charge in [0, 0.05) is 5.69 Å². The maximum absolute atomic E-state index is 10.7. The number of anilines is 1. The topological polar surface area (TPSA) is 67.2 Å². The first kappa shape index (κ1) is 11.7. The zero-order valence-corrected chi connectivity index (χ0v) is 8.02. The lowest BCUT2D eigenvalue weighted by Crippen LogP contribution is -2.34. The smallest absolute Gasteiger partial charge is 0.307 e. The van der Waals surface area contributed by atoms with Gasteiger partial charge in [0.05, 0.1) is 0 Å². The van der Waals surface area contributed by atoms with Crippen LogP contribution in [0.1, 0.15) is 5.56 Å². The first-order valence-electron chi connectivity index (χ1n) is 3.56. The van der Waals surface area contributed by atoms with Crippen LogP contribution in [-0.2, 0) is 0 Å². The van der Waals surface area contributed by atoms with Gasteiger partial charge in [0.25, 0.3) is 0 Å². The summed E-state index contributed by atoms with van der Waals surface area (Å²) in [6, 6.07) is 7.05. The fourth-order valence-corrected chi connectivity index (χ4v) is 0.890. The summed E-state index contributed by atoms with van der Waals surface area (Å²) < 4.78 is 0. The molecule has 72 valence electrons. The van der Waals surface area contributed by atoms with Crippen LogP contribution in [0.4, 0.5) is 10.5 Å². The predicted octanol–water partition coefficient (Wildman–Crippen LogP) is 1.41. The van der Waals surface area contributed by atoms with Crippen molar-refractivity contribution in [3.8, 4) is 0 Å². The molecule has 2 amide bonds. The first-order valence-corrected chi connectivity index (χ1v) is 3.56. The summed E-state index contributed by atoms with van der Waals surface area (Å²) in [5.74, 6) is 4.90. The van der Waals surface area contributed by atoms with Gasteiger partial charge in [-0.2, -0.15) is 0 Å². The second-order valence-electron chi connectivity index (χ2n) is 2.47. The minimum Gasteiger partial charge on any atom is -0.307 e. The van der Waals surface area contributed by atoms with Crippen LogP contribution >= 0.6 is 12.4 Å². The van der Waals surface area contributed by atoms with E-state index in [0.717, 1.165) is 11.3 Å². The lowest BCUT2D eigenvalue weighted by atomic mass is 10.2. The number of benzene rings is 1. The van der Waals surface area contributed by atoms with Crippen LogP contribution in [0.25, 0.3) is 0 Å². The Morgan fingerprint density at radius 1 is 1.46 bits per heavy atom. The van der Waals surface area contributed by atoms with E-state index in [1.807, 2.05) is 30.5 Å². The van der Waals surface area contributed by atoms with Crippen molar-refractivity contribution in [2.75, 3.05) is 5.32 Å². The second kappa shape index (κ2) is 5.40. The molecule has 1 aromatic rings. The van der Waals surface area contributed by atoms with Crippen molar-refractivity contribution >= 4 is 24.1 Å². The molecule has 5 heteroatoms. The highest BCUT2D eigenvalue weighted by Crippen LogP contribution is 2.08. The molecule has 0 spiro atoms. The summed E-state index contributed by atoms with van der Waals surface area (Å²) in [5, 5.41) is 2.56. The standard InChI is InChI=1S/C8H11N3O.ClH/c1-6-3-2-4-7(5-6)10-8(12)11-9;/h2-5H,9H2,1H3,(H2,10,11,12);1H. The largest absolute Gasteiger partial charge is 0.333 e. The zero-order chi connectivity index (χ0) is 8.97. The SMILES string of the molecule is Cc1cccc(NC(=O)NN)c1.Cl. The summed E-state index contributed by atoms with van der Waals surface area (Å²) in [7, 11) is 0. The summed E-state index contributed by atoms with van der Waals surface area (Å²) in [6.45, 7) is 1.95. The monoisotopic (exact) mass is 201 g/mol. The molecule has 1 aromatic carbocycles. The number of urea groups is 1. The number of nitrogens with one attached hydrogen (secondary N) is 2. The van der Waals surface area contributed by atoms with E-state index in [4.69, 9.17) is 5.84 Å². The average molecular weight is 202 g/mol. The predicted molar refractivity (Wildman–Crippen MR) is 54.8 cm³/mol. The van der Waals surface area contributed by atoms with Crippen LogP contribution in [0.3, 0.4) is 0 Å². The number of carbonyl (C=O) groups is 1. The van der Waals surface area contributed by atoms with Crippen LogP contribution in [0.5, 0.6) is 0 Å². The van der Waals surface area contributed by atoms with E-state index < -0.39 is 6.03 Å². The van der Waals surface area contributed by atoms with Crippen molar-refractivity contribution in [1.29, 1.82) is 0 Å². The van der Waals surface area contributed by atoms with Gasteiger partial charge in [-0.3, -0.25) is 5.43 Å². The van der Waals surface area contributed by atoms with E-state index in [2.05, 4.69) is 5.32 Å². The Kier molecular flexibility index (Phi) is 4.87. The number of rotatable bonds is 1. The van der Waals surface area contributed by atoms with E-state index in [9.17, 15) is 4.79 Å². The van der Waals surface area contributed by atoms with Crippen molar-refractivity contribution in [1.82, 2.24) is 5.43 Å². The summed E-state index contributed by atoms with van der Waals surface area (Å²) >= 11 is 0. The lowest BCUT2D eigenvalue weighted by molar-refractivity contribution is 0.252. The number of hydrazine groups is 1. The van der Waals surface area contributed by atoms with E-state index in [1.165, 1.54) is 0 Å². The molecule has 0 aromatic heterocycles. The highest BCUT2D eigenvalue weighted by atomic mass is 35.5. The minimum absolute atomic E-state index is 0. The van der Waals surface area contributed by atoms with E-state index in [0.29, 0.717) is 0 Å². The third kappa shape index (κ3) is 3.78. The highest BCUT2D eigenvalue weighted by molar-refractivity contribution is 5.88. The zero-order valence-electron chi connectivity index (χ0n) is 7.20. The van der Waals surface area contributed by atoms with Gasteiger partial charge >= 0.3 is 6.03 Å². The van der Waals surface area contributed by atoms with Crippen molar-refractivity contribution in [3.05, 3.63) is 29.8 Å². The quantitative estimate of drug-likeness (QED) is 0.365. The molecule has 0 saturated carbocycles. The Hall–Kier alpha value is -1.26. The van der Waals surface area contributed by atoms with Gasteiger partial charge in [-0.05, 0) is 24.6 Å². The van der Waals surface area contributed by atoms with Gasteiger partial charge in [-0.15, -0.1) is 12.4 Å². The Morgan fingerprint density at radius 2 is 2.15 bits per heavy atom. The Bertz CT molecular complexity index is 290. The molecule has 0 unspecified atom stereocenters. The van der Waals surface area contributed by atoms with Gasteiger partial charge in [0.15, 0.2) is 0 Å². The summed E-state index contributed by atoms with van der Waals surface area (Å²) in [5.41, 5.74) is 3.80.